The van der Waals surface area contributed by atoms with Crippen LogP contribution in [0, 0.1) is 27.7 Å². The normalized spacial score (nSPS) is 11.7. The largest absolute Gasteiger partial charge is 0.455 e. The van der Waals surface area contributed by atoms with Crippen LogP contribution in [0.5, 0.6) is 0 Å². The van der Waals surface area contributed by atoms with Crippen molar-refractivity contribution in [2.24, 2.45) is 0 Å². The van der Waals surface area contributed by atoms with E-state index in [0.29, 0.717) is 0 Å². The molecule has 4 heterocycles. The lowest BCUT2D eigenvalue weighted by Crippen LogP contribution is -1.84. The van der Waals surface area contributed by atoms with Gasteiger partial charge in [0.15, 0.2) is 0 Å². The Bertz CT molecular complexity index is 7950. The smallest absolute Gasteiger partial charge is 0.143 e. The van der Waals surface area contributed by atoms with Crippen LogP contribution in [0.4, 0.5) is 0 Å². The Kier molecular flexibility index (Phi) is 16.4. The van der Waals surface area contributed by atoms with Gasteiger partial charge < -0.3 is 17.7 Å². The third-order valence-electron chi connectivity index (χ3n) is 23.2. The molecular weight excluding hydrogens is 1390 g/mol. The van der Waals surface area contributed by atoms with Crippen LogP contribution in [0.15, 0.2) is 394 Å². The van der Waals surface area contributed by atoms with Crippen LogP contribution < -0.4 is 0 Å². The lowest BCUT2D eigenvalue weighted by molar-refractivity contribution is 0.667. The quantitative estimate of drug-likeness (QED) is 0.172. The van der Waals surface area contributed by atoms with Crippen molar-refractivity contribution in [3.05, 3.63) is 398 Å². The molecule has 0 saturated carbocycles. The van der Waals surface area contributed by atoms with Crippen LogP contribution in [-0.2, 0) is 0 Å². The van der Waals surface area contributed by atoms with Gasteiger partial charge in [-0.05, 0) is 195 Å². The summed E-state index contributed by atoms with van der Waals surface area (Å²) in [6, 6.07) is 134. The van der Waals surface area contributed by atoms with Gasteiger partial charge in [0.2, 0.25) is 0 Å². The van der Waals surface area contributed by atoms with Crippen molar-refractivity contribution in [2.45, 2.75) is 27.7 Å². The molecule has 0 atom stereocenters. The average molecular weight is 1460 g/mol. The number of hydrogen-bond donors (Lipinski definition) is 0. The maximum Gasteiger partial charge on any atom is 0.143 e. The Balaban J connectivity index is 0.0000000955. The van der Waals surface area contributed by atoms with E-state index in [0.717, 1.165) is 72.5 Å². The molecule has 0 aliphatic carbocycles. The summed E-state index contributed by atoms with van der Waals surface area (Å²) in [5, 5.41) is 27.0. The van der Waals surface area contributed by atoms with Crippen molar-refractivity contribution < 1.29 is 17.7 Å². The predicted molar refractivity (Wildman–Crippen MR) is 484 cm³/mol. The third-order valence-corrected chi connectivity index (χ3v) is 23.2. The highest BCUT2D eigenvalue weighted by atomic mass is 16.3. The van der Waals surface area contributed by atoms with E-state index in [-0.39, 0.29) is 0 Å². The van der Waals surface area contributed by atoms with E-state index in [2.05, 4.69) is 398 Å². The molecule has 0 unspecified atom stereocenters. The standard InChI is InChI=1S/C29H20O.3C27H18O/c1-19-8-7-13-25-27-24-12-6-5-11-23(24)18-26(29(27)30-28(19)25)22-16-14-21(15-17-22)20-9-3-2-4-10-20;1-17-8-6-15-23-25-21-13-5-3-10-19(21)16-24(27(25)28-26(17)23)22-14-7-11-18-9-2-4-12-20(18)22;1-17-7-6-12-23-25-22-11-5-4-10-20(22)16-24(27(25)28-26(17)23)21-14-13-18-8-2-3-9-19(18)15-21;1-17-15-20-9-4-5-10-22(20)25-24-12-6-11-23(27(24)28-26(17)25)21-14-13-18-7-2-3-8-19(18)16-21/h2-18H,1H3;3*2-16H,1H3. The zero-order valence-corrected chi connectivity index (χ0v) is 63.4. The van der Waals surface area contributed by atoms with Crippen molar-refractivity contribution in [1.29, 1.82) is 0 Å². The van der Waals surface area contributed by atoms with Crippen molar-refractivity contribution in [1.82, 2.24) is 0 Å². The number of aryl methyl sites for hydroxylation is 4. The summed E-state index contributed by atoms with van der Waals surface area (Å²) >= 11 is 0. The summed E-state index contributed by atoms with van der Waals surface area (Å²) in [4.78, 5) is 0. The molecule has 0 saturated heterocycles. The summed E-state index contributed by atoms with van der Waals surface area (Å²) in [7, 11) is 0. The molecule has 24 rings (SSSR count). The van der Waals surface area contributed by atoms with Gasteiger partial charge in [0.05, 0.1) is 0 Å². The van der Waals surface area contributed by atoms with Crippen molar-refractivity contribution >= 4 is 163 Å². The molecule has 4 aromatic heterocycles. The van der Waals surface area contributed by atoms with Crippen molar-refractivity contribution in [3.63, 3.8) is 0 Å². The number of hydrogen-bond acceptors (Lipinski definition) is 4. The maximum atomic E-state index is 6.53. The van der Waals surface area contributed by atoms with E-state index in [1.165, 1.54) is 169 Å². The highest BCUT2D eigenvalue weighted by molar-refractivity contribution is 6.27. The van der Waals surface area contributed by atoms with Crippen LogP contribution in [-0.4, -0.2) is 0 Å². The fourth-order valence-electron chi connectivity index (χ4n) is 17.7. The van der Waals surface area contributed by atoms with Gasteiger partial charge in [-0.25, -0.2) is 0 Å². The Morgan fingerprint density at radius 1 is 0.140 bits per heavy atom. The van der Waals surface area contributed by atoms with E-state index < -0.39 is 0 Å². The van der Waals surface area contributed by atoms with Gasteiger partial charge in [-0.2, -0.15) is 0 Å². The molecule has 0 radical (unpaired) electrons. The van der Waals surface area contributed by atoms with Gasteiger partial charge in [-0.3, -0.25) is 0 Å². The van der Waals surface area contributed by atoms with Gasteiger partial charge in [0.25, 0.3) is 0 Å². The van der Waals surface area contributed by atoms with Crippen molar-refractivity contribution in [3.8, 4) is 55.6 Å². The number of furan rings is 4. The molecule has 0 bridgehead atoms. The third kappa shape index (κ3) is 11.5. The summed E-state index contributed by atoms with van der Waals surface area (Å²) < 4.78 is 26.0. The van der Waals surface area contributed by atoms with E-state index >= 15 is 0 Å². The second-order valence-electron chi connectivity index (χ2n) is 30.2. The molecular formula is C110H74O4. The fourth-order valence-corrected chi connectivity index (χ4v) is 17.7. The second kappa shape index (κ2) is 27.8. The van der Waals surface area contributed by atoms with Gasteiger partial charge in [-0.1, -0.05) is 340 Å². The van der Waals surface area contributed by atoms with Gasteiger partial charge >= 0.3 is 0 Å². The molecule has 0 spiro atoms. The van der Waals surface area contributed by atoms with E-state index in [4.69, 9.17) is 17.7 Å². The molecule has 538 valence electrons. The summed E-state index contributed by atoms with van der Waals surface area (Å²) in [6.45, 7) is 8.47. The predicted octanol–water partition coefficient (Wildman–Crippen LogP) is 32.0. The minimum absolute atomic E-state index is 0.963. The first-order valence-electron chi connectivity index (χ1n) is 39.2. The molecule has 114 heavy (non-hydrogen) atoms. The Morgan fingerprint density at radius 2 is 0.447 bits per heavy atom. The highest BCUT2D eigenvalue weighted by Gasteiger charge is 2.23. The number of benzene rings is 20. The summed E-state index contributed by atoms with van der Waals surface area (Å²) in [5.41, 5.74) is 24.3. The Hall–Kier alpha value is -14.6. The monoisotopic (exact) mass is 1460 g/mol. The van der Waals surface area contributed by atoms with E-state index in [1.54, 1.807) is 0 Å². The minimum atomic E-state index is 0.963. The topological polar surface area (TPSA) is 52.6 Å². The lowest BCUT2D eigenvalue weighted by Gasteiger charge is -2.10. The molecule has 0 N–H and O–H groups in total. The first-order valence-corrected chi connectivity index (χ1v) is 39.2. The van der Waals surface area contributed by atoms with Crippen LogP contribution in [0.1, 0.15) is 22.3 Å². The van der Waals surface area contributed by atoms with Crippen LogP contribution in [0.2, 0.25) is 0 Å². The molecule has 24 aromatic rings. The second-order valence-corrected chi connectivity index (χ2v) is 30.2. The molecule has 0 aliphatic rings. The van der Waals surface area contributed by atoms with Gasteiger partial charge in [0.1, 0.15) is 44.7 Å². The van der Waals surface area contributed by atoms with Crippen LogP contribution >= 0.6 is 0 Å². The Labute approximate surface area is 658 Å². The maximum absolute atomic E-state index is 6.53. The first kappa shape index (κ1) is 67.5. The Morgan fingerprint density at radius 3 is 0.947 bits per heavy atom. The summed E-state index contributed by atoms with van der Waals surface area (Å²) in [5.74, 6) is 0. The average Bonchev–Trinajstić information content (AvgIpc) is 1.46. The molecule has 0 aliphatic heterocycles. The van der Waals surface area contributed by atoms with Crippen LogP contribution in [0.25, 0.3) is 219 Å². The number of para-hydroxylation sites is 4. The number of rotatable bonds is 5. The lowest BCUT2D eigenvalue weighted by atomic mass is 9.93. The SMILES string of the molecule is Cc1cc2ccccc2c2c1oc1c(-c3ccc4ccccc4c3)cccc12.Cc1cccc2c1oc1c(-c3ccc(-c4ccccc4)cc3)cc3ccccc3c12.Cc1cccc2c1oc1c(-c3ccc4ccccc4c3)cc3ccccc3c12.Cc1cccc2c1oc1c(-c3cccc4ccccc34)cc3ccccc3c12. The zero-order chi connectivity index (χ0) is 76.1. The number of fused-ring (bicyclic) bond motifs is 23. The van der Waals surface area contributed by atoms with E-state index in [9.17, 15) is 0 Å². The molecule has 4 heteroatoms. The van der Waals surface area contributed by atoms with Crippen LogP contribution in [0.3, 0.4) is 0 Å². The molecule has 0 fully saturated rings. The van der Waals surface area contributed by atoms with Gasteiger partial charge in [-0.15, -0.1) is 0 Å². The minimum Gasteiger partial charge on any atom is -0.455 e. The summed E-state index contributed by atoms with van der Waals surface area (Å²) in [6.07, 6.45) is 0. The zero-order valence-electron chi connectivity index (χ0n) is 63.4. The molecule has 0 amide bonds. The molecule has 4 nitrogen and oxygen atoms in total. The fraction of sp³-hybridized carbons (Fsp3) is 0.0364. The van der Waals surface area contributed by atoms with Gasteiger partial charge in [0, 0.05) is 65.3 Å². The van der Waals surface area contributed by atoms with E-state index in [1.807, 2.05) is 6.07 Å². The first-order chi connectivity index (χ1) is 56.2. The highest BCUT2D eigenvalue weighted by Crippen LogP contribution is 2.48. The van der Waals surface area contributed by atoms with Crippen molar-refractivity contribution in [2.75, 3.05) is 0 Å². The molecule has 20 aromatic carbocycles.